The number of aromatic nitrogens is 4. The molecule has 32 heavy (non-hydrogen) atoms. The van der Waals surface area contributed by atoms with Gasteiger partial charge in [-0.15, -0.1) is 0 Å². The Morgan fingerprint density at radius 3 is 2.53 bits per heavy atom. The summed E-state index contributed by atoms with van der Waals surface area (Å²) in [4.78, 5) is 17.7. The fourth-order valence-electron chi connectivity index (χ4n) is 3.62. The molecular formula is C25H22N4O3. The Kier molecular flexibility index (Phi) is 5.07. The molecule has 0 aliphatic heterocycles. The van der Waals surface area contributed by atoms with Gasteiger partial charge in [0.2, 0.25) is 5.89 Å². The zero-order valence-electron chi connectivity index (χ0n) is 17.9. The van der Waals surface area contributed by atoms with Crippen LogP contribution < -0.4 is 10.3 Å². The van der Waals surface area contributed by atoms with Gasteiger partial charge < -0.3 is 13.7 Å². The van der Waals surface area contributed by atoms with E-state index in [-0.39, 0.29) is 5.56 Å². The summed E-state index contributed by atoms with van der Waals surface area (Å²) in [5.74, 6) is 2.05. The fourth-order valence-corrected chi connectivity index (χ4v) is 3.62. The molecule has 0 saturated carbocycles. The second-order valence-corrected chi connectivity index (χ2v) is 7.44. The van der Waals surface area contributed by atoms with E-state index in [0.29, 0.717) is 30.3 Å². The van der Waals surface area contributed by atoms with Crippen molar-refractivity contribution in [2.75, 3.05) is 6.61 Å². The molecule has 5 aromatic rings. The van der Waals surface area contributed by atoms with Crippen molar-refractivity contribution < 1.29 is 9.15 Å². The first-order valence-electron chi connectivity index (χ1n) is 10.5. The lowest BCUT2D eigenvalue weighted by Gasteiger charge is -2.04. The van der Waals surface area contributed by atoms with Crippen LogP contribution in [0.25, 0.3) is 28.2 Å². The number of benzene rings is 2. The van der Waals surface area contributed by atoms with Crippen LogP contribution in [0.5, 0.6) is 5.75 Å². The van der Waals surface area contributed by atoms with Crippen LogP contribution in [0.4, 0.5) is 0 Å². The second-order valence-electron chi connectivity index (χ2n) is 7.44. The molecule has 160 valence electrons. The first kappa shape index (κ1) is 19.8. The summed E-state index contributed by atoms with van der Waals surface area (Å²) in [7, 11) is 0. The third-order valence-electron chi connectivity index (χ3n) is 5.30. The van der Waals surface area contributed by atoms with Crippen molar-refractivity contribution in [3.63, 3.8) is 0 Å². The van der Waals surface area contributed by atoms with E-state index < -0.39 is 0 Å². The van der Waals surface area contributed by atoms with Crippen LogP contribution in [0, 0.1) is 6.92 Å². The van der Waals surface area contributed by atoms with Crippen molar-refractivity contribution in [2.24, 2.45) is 0 Å². The summed E-state index contributed by atoms with van der Waals surface area (Å²) in [5.41, 5.74) is 3.64. The summed E-state index contributed by atoms with van der Waals surface area (Å²) >= 11 is 0. The molecule has 0 amide bonds. The van der Waals surface area contributed by atoms with Crippen molar-refractivity contribution >= 4 is 5.52 Å². The van der Waals surface area contributed by atoms with Crippen LogP contribution in [0.1, 0.15) is 18.4 Å². The highest BCUT2D eigenvalue weighted by atomic mass is 16.5. The minimum atomic E-state index is -0.138. The molecule has 0 radical (unpaired) electrons. The lowest BCUT2D eigenvalue weighted by molar-refractivity contribution is 0.340. The number of ether oxygens (including phenoxy) is 1. The van der Waals surface area contributed by atoms with Gasteiger partial charge >= 0.3 is 0 Å². The molecular weight excluding hydrogens is 404 g/mol. The van der Waals surface area contributed by atoms with Crippen LogP contribution in [-0.2, 0) is 6.54 Å². The van der Waals surface area contributed by atoms with Crippen molar-refractivity contribution in [3.8, 4) is 28.5 Å². The van der Waals surface area contributed by atoms with Gasteiger partial charge in [0.1, 0.15) is 22.7 Å². The molecule has 0 bridgehead atoms. The molecule has 3 heterocycles. The summed E-state index contributed by atoms with van der Waals surface area (Å²) in [6, 6.07) is 19.2. The second kappa shape index (κ2) is 8.19. The number of aryl methyl sites for hydroxylation is 1. The fraction of sp³-hybridized carbons (Fsp3) is 0.160. The highest BCUT2D eigenvalue weighted by molar-refractivity contribution is 5.66. The average Bonchev–Trinajstić information content (AvgIpc) is 3.41. The van der Waals surface area contributed by atoms with Gasteiger partial charge in [-0.25, -0.2) is 9.50 Å². The predicted molar refractivity (Wildman–Crippen MR) is 122 cm³/mol. The molecule has 2 aromatic carbocycles. The Hall–Kier alpha value is -4.13. The molecule has 0 fully saturated rings. The van der Waals surface area contributed by atoms with Gasteiger partial charge in [0.05, 0.1) is 18.8 Å². The van der Waals surface area contributed by atoms with Crippen molar-refractivity contribution in [1.29, 1.82) is 0 Å². The Balaban J connectivity index is 1.45. The number of rotatable bonds is 6. The summed E-state index contributed by atoms with van der Waals surface area (Å²) in [6.07, 6.45) is 3.50. The van der Waals surface area contributed by atoms with E-state index in [9.17, 15) is 4.79 Å². The predicted octanol–water partition coefficient (Wildman–Crippen LogP) is 4.57. The first-order valence-corrected chi connectivity index (χ1v) is 10.5. The smallest absolute Gasteiger partial charge is 0.276 e. The van der Waals surface area contributed by atoms with Crippen LogP contribution >= 0.6 is 0 Å². The number of oxazole rings is 1. The third-order valence-corrected chi connectivity index (χ3v) is 5.30. The SMILES string of the molecule is CCOc1ccc(-c2cc3c(=O)n(Cc4nc(-c5ccccc5)oc4C)ccn3n2)cc1. The zero-order chi connectivity index (χ0) is 22.1. The summed E-state index contributed by atoms with van der Waals surface area (Å²) in [5, 5.41) is 4.56. The molecule has 7 nitrogen and oxygen atoms in total. The maximum atomic E-state index is 13.1. The molecule has 0 atom stereocenters. The van der Waals surface area contributed by atoms with E-state index in [2.05, 4.69) is 10.1 Å². The topological polar surface area (TPSA) is 74.6 Å². The van der Waals surface area contributed by atoms with Gasteiger partial charge in [0.15, 0.2) is 0 Å². The van der Waals surface area contributed by atoms with Gasteiger partial charge in [0.25, 0.3) is 5.56 Å². The zero-order valence-corrected chi connectivity index (χ0v) is 17.9. The molecule has 0 aliphatic carbocycles. The quantitative estimate of drug-likeness (QED) is 0.398. The summed E-state index contributed by atoms with van der Waals surface area (Å²) < 4.78 is 14.6. The number of hydrogen-bond acceptors (Lipinski definition) is 5. The van der Waals surface area contributed by atoms with Gasteiger partial charge in [0, 0.05) is 23.5 Å². The highest BCUT2D eigenvalue weighted by Crippen LogP contribution is 2.23. The van der Waals surface area contributed by atoms with Crippen LogP contribution in [-0.4, -0.2) is 25.8 Å². The van der Waals surface area contributed by atoms with Crippen molar-refractivity contribution in [3.05, 3.63) is 94.9 Å². The third kappa shape index (κ3) is 3.69. The first-order chi connectivity index (χ1) is 15.6. The van der Waals surface area contributed by atoms with E-state index in [4.69, 9.17) is 9.15 Å². The number of nitrogens with zero attached hydrogens (tertiary/aromatic N) is 4. The molecule has 7 heteroatoms. The van der Waals surface area contributed by atoms with Gasteiger partial charge in [-0.05, 0) is 56.3 Å². The molecule has 5 rings (SSSR count). The van der Waals surface area contributed by atoms with E-state index in [0.717, 1.165) is 28.3 Å². The average molecular weight is 426 g/mol. The minimum Gasteiger partial charge on any atom is -0.494 e. The lowest BCUT2D eigenvalue weighted by Crippen LogP contribution is -2.22. The van der Waals surface area contributed by atoms with Gasteiger partial charge in [-0.1, -0.05) is 18.2 Å². The highest BCUT2D eigenvalue weighted by Gasteiger charge is 2.14. The molecule has 0 saturated heterocycles. The Morgan fingerprint density at radius 2 is 1.78 bits per heavy atom. The Labute approximate surface area is 184 Å². The van der Waals surface area contributed by atoms with E-state index >= 15 is 0 Å². The maximum absolute atomic E-state index is 13.1. The Morgan fingerprint density at radius 1 is 1.00 bits per heavy atom. The molecule has 0 N–H and O–H groups in total. The van der Waals surface area contributed by atoms with Gasteiger partial charge in [-0.3, -0.25) is 4.79 Å². The largest absolute Gasteiger partial charge is 0.494 e. The lowest BCUT2D eigenvalue weighted by atomic mass is 10.1. The normalized spacial score (nSPS) is 11.2. The molecule has 0 unspecified atom stereocenters. The number of hydrogen-bond donors (Lipinski definition) is 0. The van der Waals surface area contributed by atoms with Crippen LogP contribution in [0.3, 0.4) is 0 Å². The standard InChI is InChI=1S/C25H22N4O3/c1-3-31-20-11-9-18(10-12-20)21-15-23-25(30)28(13-14-29(23)27-21)16-22-17(2)32-24(26-22)19-7-5-4-6-8-19/h4-15H,3,16H2,1-2H3. The van der Waals surface area contributed by atoms with Crippen LogP contribution in [0.15, 0.2) is 82.3 Å². The minimum absolute atomic E-state index is 0.138. The Bertz CT molecular complexity index is 1430. The molecule has 0 aliphatic rings. The molecule has 0 spiro atoms. The van der Waals surface area contributed by atoms with E-state index in [1.807, 2.05) is 68.4 Å². The molecule has 3 aromatic heterocycles. The number of fused-ring (bicyclic) bond motifs is 1. The summed E-state index contributed by atoms with van der Waals surface area (Å²) in [6.45, 7) is 4.75. The monoisotopic (exact) mass is 426 g/mol. The van der Waals surface area contributed by atoms with Gasteiger partial charge in [-0.2, -0.15) is 5.10 Å². The van der Waals surface area contributed by atoms with E-state index in [1.165, 1.54) is 0 Å². The van der Waals surface area contributed by atoms with Crippen molar-refractivity contribution in [1.82, 2.24) is 19.2 Å². The van der Waals surface area contributed by atoms with Crippen molar-refractivity contribution in [2.45, 2.75) is 20.4 Å². The van der Waals surface area contributed by atoms with Crippen LogP contribution in [0.2, 0.25) is 0 Å². The van der Waals surface area contributed by atoms with E-state index in [1.54, 1.807) is 27.5 Å². The maximum Gasteiger partial charge on any atom is 0.276 e.